The normalized spacial score (nSPS) is 9.80. The van der Waals surface area contributed by atoms with Crippen molar-refractivity contribution in [2.24, 2.45) is 0 Å². The molecule has 0 unspecified atom stereocenters. The number of hydrogen-bond acceptors (Lipinski definition) is 5. The van der Waals surface area contributed by atoms with E-state index in [-0.39, 0.29) is 22.6 Å². The van der Waals surface area contributed by atoms with Gasteiger partial charge in [-0.05, 0) is 19.1 Å². The number of amides is 1. The molecular weight excluding hydrogens is 262 g/mol. The number of nitrogens with one attached hydrogen (secondary N) is 2. The average molecular weight is 271 g/mol. The molecule has 1 aromatic carbocycles. The molecule has 0 radical (unpaired) electrons. The van der Waals surface area contributed by atoms with Crippen molar-refractivity contribution in [2.45, 2.75) is 6.92 Å². The maximum Gasteiger partial charge on any atom is 0.269 e. The highest BCUT2D eigenvalue weighted by Gasteiger charge is 2.14. The van der Waals surface area contributed by atoms with Gasteiger partial charge in [0.1, 0.15) is 11.6 Å². The molecule has 8 nitrogen and oxygen atoms in total. The Morgan fingerprint density at radius 1 is 1.45 bits per heavy atom. The Bertz CT molecular complexity index is 712. The Balaban J connectivity index is 2.20. The number of H-pyrrole nitrogens is 1. The number of aromatic amines is 1. The van der Waals surface area contributed by atoms with E-state index < -0.39 is 10.8 Å². The lowest BCUT2D eigenvalue weighted by Gasteiger charge is -2.02. The van der Waals surface area contributed by atoms with Crippen molar-refractivity contribution in [1.29, 1.82) is 5.26 Å². The van der Waals surface area contributed by atoms with Crippen molar-refractivity contribution in [3.8, 4) is 6.07 Å². The van der Waals surface area contributed by atoms with Crippen LogP contribution in [-0.4, -0.2) is 21.0 Å². The van der Waals surface area contributed by atoms with Gasteiger partial charge in [0, 0.05) is 17.7 Å². The van der Waals surface area contributed by atoms with Gasteiger partial charge in [-0.2, -0.15) is 10.4 Å². The molecule has 0 aliphatic rings. The summed E-state index contributed by atoms with van der Waals surface area (Å²) in [5, 5.41) is 28.3. The van der Waals surface area contributed by atoms with Crippen LogP contribution in [0.2, 0.25) is 0 Å². The summed E-state index contributed by atoms with van der Waals surface area (Å²) in [6, 6.07) is 7.06. The van der Waals surface area contributed by atoms with Crippen molar-refractivity contribution >= 4 is 17.4 Å². The number of nitrogens with zero attached hydrogens (tertiary/aromatic N) is 3. The van der Waals surface area contributed by atoms with E-state index in [4.69, 9.17) is 5.26 Å². The minimum atomic E-state index is -0.549. The van der Waals surface area contributed by atoms with Gasteiger partial charge in [0.05, 0.1) is 10.6 Å². The molecule has 0 bridgehead atoms. The summed E-state index contributed by atoms with van der Waals surface area (Å²) >= 11 is 0. The van der Waals surface area contributed by atoms with Crippen LogP contribution < -0.4 is 5.32 Å². The number of benzene rings is 1. The van der Waals surface area contributed by atoms with Crippen LogP contribution in [0, 0.1) is 28.4 Å². The number of nitro groups is 1. The Kier molecular flexibility index (Phi) is 3.43. The van der Waals surface area contributed by atoms with E-state index in [9.17, 15) is 14.9 Å². The fourth-order valence-electron chi connectivity index (χ4n) is 1.57. The molecule has 1 amide bonds. The SMILES string of the molecule is Cc1[nH]nc(NC(=O)c2ccc([N+](=O)[O-])cc2)c1C#N. The van der Waals surface area contributed by atoms with Gasteiger partial charge in [-0.25, -0.2) is 0 Å². The number of aryl methyl sites for hydroxylation is 1. The summed E-state index contributed by atoms with van der Waals surface area (Å²) in [6.45, 7) is 1.66. The topological polar surface area (TPSA) is 125 Å². The number of aromatic nitrogens is 2. The van der Waals surface area contributed by atoms with E-state index in [1.54, 1.807) is 6.92 Å². The molecule has 20 heavy (non-hydrogen) atoms. The fourth-order valence-corrected chi connectivity index (χ4v) is 1.57. The van der Waals surface area contributed by atoms with Gasteiger partial charge < -0.3 is 5.32 Å². The maximum absolute atomic E-state index is 11.9. The smallest absolute Gasteiger partial charge is 0.269 e. The molecule has 0 aliphatic heterocycles. The first-order valence-electron chi connectivity index (χ1n) is 5.54. The number of hydrogen-bond donors (Lipinski definition) is 2. The minimum Gasteiger partial charge on any atom is -0.304 e. The monoisotopic (exact) mass is 271 g/mol. The lowest BCUT2D eigenvalue weighted by atomic mass is 10.2. The summed E-state index contributed by atoms with van der Waals surface area (Å²) in [5.74, 6) is -0.365. The number of rotatable bonds is 3. The van der Waals surface area contributed by atoms with Crippen LogP contribution in [0.3, 0.4) is 0 Å². The number of nitro benzene ring substituents is 1. The number of carbonyl (C=O) groups is 1. The van der Waals surface area contributed by atoms with E-state index in [1.165, 1.54) is 24.3 Å². The predicted octanol–water partition coefficient (Wildman–Crippen LogP) is 1.75. The van der Waals surface area contributed by atoms with Crippen molar-refractivity contribution < 1.29 is 9.72 Å². The molecule has 1 aromatic heterocycles. The summed E-state index contributed by atoms with van der Waals surface area (Å²) < 4.78 is 0. The van der Waals surface area contributed by atoms with Crippen molar-refractivity contribution in [1.82, 2.24) is 10.2 Å². The zero-order chi connectivity index (χ0) is 14.7. The van der Waals surface area contributed by atoms with Crippen LogP contribution in [0.5, 0.6) is 0 Å². The van der Waals surface area contributed by atoms with Crippen molar-refractivity contribution in [3.05, 3.63) is 51.2 Å². The standard InChI is InChI=1S/C12H9N5O3/c1-7-10(6-13)11(16-15-7)14-12(18)8-2-4-9(5-3-8)17(19)20/h2-5H,1H3,(H2,14,15,16,18). The van der Waals surface area contributed by atoms with Gasteiger partial charge in [0.2, 0.25) is 0 Å². The highest BCUT2D eigenvalue weighted by atomic mass is 16.6. The van der Waals surface area contributed by atoms with Gasteiger partial charge >= 0.3 is 0 Å². The summed E-state index contributed by atoms with van der Waals surface area (Å²) in [4.78, 5) is 21.9. The second-order valence-corrected chi connectivity index (χ2v) is 3.94. The summed E-state index contributed by atoms with van der Waals surface area (Å²) in [7, 11) is 0. The Labute approximate surface area is 113 Å². The number of nitriles is 1. The van der Waals surface area contributed by atoms with Crippen LogP contribution in [0.4, 0.5) is 11.5 Å². The third kappa shape index (κ3) is 2.46. The first-order valence-corrected chi connectivity index (χ1v) is 5.54. The predicted molar refractivity (Wildman–Crippen MR) is 69.1 cm³/mol. The molecule has 100 valence electrons. The molecular formula is C12H9N5O3. The Morgan fingerprint density at radius 2 is 2.10 bits per heavy atom. The van der Waals surface area contributed by atoms with Gasteiger partial charge in [0.25, 0.3) is 11.6 Å². The lowest BCUT2D eigenvalue weighted by molar-refractivity contribution is -0.384. The molecule has 2 N–H and O–H groups in total. The van der Waals surface area contributed by atoms with E-state index in [0.717, 1.165) is 0 Å². The van der Waals surface area contributed by atoms with Crippen LogP contribution in [0.25, 0.3) is 0 Å². The largest absolute Gasteiger partial charge is 0.304 e. The van der Waals surface area contributed by atoms with E-state index in [1.807, 2.05) is 6.07 Å². The number of anilines is 1. The molecule has 8 heteroatoms. The van der Waals surface area contributed by atoms with Crippen molar-refractivity contribution in [3.63, 3.8) is 0 Å². The van der Waals surface area contributed by atoms with Crippen LogP contribution in [0.1, 0.15) is 21.6 Å². The average Bonchev–Trinajstić information content (AvgIpc) is 2.79. The first kappa shape index (κ1) is 13.2. The molecule has 0 saturated heterocycles. The third-order valence-electron chi connectivity index (χ3n) is 2.63. The molecule has 0 aliphatic carbocycles. The quantitative estimate of drug-likeness (QED) is 0.649. The molecule has 0 fully saturated rings. The second-order valence-electron chi connectivity index (χ2n) is 3.94. The fraction of sp³-hybridized carbons (Fsp3) is 0.0833. The van der Waals surface area contributed by atoms with Crippen LogP contribution in [0.15, 0.2) is 24.3 Å². The molecule has 0 atom stereocenters. The molecule has 0 saturated carbocycles. The van der Waals surface area contributed by atoms with Crippen LogP contribution in [-0.2, 0) is 0 Å². The highest BCUT2D eigenvalue weighted by molar-refractivity contribution is 6.04. The Hall–Kier alpha value is -3.21. The second kappa shape index (κ2) is 5.19. The lowest BCUT2D eigenvalue weighted by Crippen LogP contribution is -2.13. The minimum absolute atomic E-state index is 0.102. The Morgan fingerprint density at radius 3 is 2.65 bits per heavy atom. The van der Waals surface area contributed by atoms with E-state index in [0.29, 0.717) is 5.69 Å². The maximum atomic E-state index is 11.9. The van der Waals surface area contributed by atoms with Crippen LogP contribution >= 0.6 is 0 Å². The number of non-ortho nitro benzene ring substituents is 1. The van der Waals surface area contributed by atoms with Gasteiger partial charge in [-0.15, -0.1) is 0 Å². The van der Waals surface area contributed by atoms with E-state index >= 15 is 0 Å². The first-order chi connectivity index (χ1) is 9.52. The third-order valence-corrected chi connectivity index (χ3v) is 2.63. The zero-order valence-corrected chi connectivity index (χ0v) is 10.4. The summed E-state index contributed by atoms with van der Waals surface area (Å²) in [5.41, 5.74) is 0.932. The van der Waals surface area contributed by atoms with Crippen molar-refractivity contribution in [2.75, 3.05) is 5.32 Å². The molecule has 2 rings (SSSR count). The van der Waals surface area contributed by atoms with Gasteiger partial charge in [0.15, 0.2) is 5.82 Å². The molecule has 0 spiro atoms. The number of carbonyl (C=O) groups excluding carboxylic acids is 1. The summed E-state index contributed by atoms with van der Waals surface area (Å²) in [6.07, 6.45) is 0. The zero-order valence-electron chi connectivity index (χ0n) is 10.4. The van der Waals surface area contributed by atoms with E-state index in [2.05, 4.69) is 15.5 Å². The highest BCUT2D eigenvalue weighted by Crippen LogP contribution is 2.17. The van der Waals surface area contributed by atoms with Gasteiger partial charge in [-0.1, -0.05) is 0 Å². The molecule has 1 heterocycles. The van der Waals surface area contributed by atoms with Gasteiger partial charge in [-0.3, -0.25) is 20.0 Å². The molecule has 2 aromatic rings.